The van der Waals surface area contributed by atoms with E-state index in [1.54, 1.807) is 0 Å². The maximum atomic E-state index is 13.6. The average Bonchev–Trinajstić information content (AvgIpc) is 3.16. The van der Waals surface area contributed by atoms with E-state index in [9.17, 15) is 35.5 Å². The highest BCUT2D eigenvalue weighted by molar-refractivity contribution is 6.32. The number of nitrogens with zero attached hydrogens (tertiary/aromatic N) is 3. The van der Waals surface area contributed by atoms with Crippen LogP contribution >= 0.6 is 11.6 Å². The van der Waals surface area contributed by atoms with Gasteiger partial charge in [-0.2, -0.15) is 35.8 Å². The van der Waals surface area contributed by atoms with Gasteiger partial charge in [-0.05, 0) is 6.07 Å². The van der Waals surface area contributed by atoms with Crippen molar-refractivity contribution >= 4 is 29.1 Å². The second-order valence-electron chi connectivity index (χ2n) is 5.79. The van der Waals surface area contributed by atoms with E-state index >= 15 is 0 Å². The number of carbonyl (C=O) groups is 1. The molecule has 3 N–H and O–H groups in total. The molecule has 16 heteroatoms. The molecule has 0 bridgehead atoms. The number of halogens is 8. The van der Waals surface area contributed by atoms with Crippen molar-refractivity contribution in [3.8, 4) is 11.1 Å². The summed E-state index contributed by atoms with van der Waals surface area (Å²) in [5, 5.41) is 21.7. The minimum atomic E-state index is -6.27. The molecule has 0 radical (unpaired) electrons. The fourth-order valence-electron chi connectivity index (χ4n) is 2.29. The normalized spacial score (nSPS) is 13.1. The molecule has 0 saturated heterocycles. The third kappa shape index (κ3) is 4.92. The number of ether oxygens (including phenoxy) is 1. The third-order valence-electron chi connectivity index (χ3n) is 3.77. The van der Waals surface area contributed by atoms with E-state index in [0.717, 1.165) is 31.7 Å². The molecule has 0 aliphatic rings. The highest BCUT2D eigenvalue weighted by Gasteiger charge is 2.62. The van der Waals surface area contributed by atoms with Crippen LogP contribution < -0.4 is 5.32 Å². The number of rotatable bonds is 8. The van der Waals surface area contributed by atoms with Crippen LogP contribution in [0.15, 0.2) is 30.4 Å². The predicted octanol–water partition coefficient (Wildman–Crippen LogP) is 4.10. The number of hydrogen-bond acceptors (Lipinski definition) is 6. The fourth-order valence-corrected chi connectivity index (χ4v) is 2.47. The van der Waals surface area contributed by atoms with Crippen LogP contribution in [0, 0.1) is 5.41 Å². The first kappa shape index (κ1) is 24.9. The number of pyridine rings is 1. The summed E-state index contributed by atoms with van der Waals surface area (Å²) in [7, 11) is 0.969. The van der Waals surface area contributed by atoms with Crippen molar-refractivity contribution in [3.63, 3.8) is 0 Å². The minimum absolute atomic E-state index is 0.0509. The van der Waals surface area contributed by atoms with Gasteiger partial charge in [0.05, 0.1) is 11.8 Å². The maximum absolute atomic E-state index is 13.6. The molecule has 0 saturated carbocycles. The van der Waals surface area contributed by atoms with Crippen LogP contribution in [0.4, 0.5) is 30.7 Å². The Hall–Kier alpha value is -3.36. The number of aromatic nitrogens is 3. The molecule has 174 valence electrons. The lowest BCUT2D eigenvalue weighted by Gasteiger charge is -2.23. The smallest absolute Gasteiger partial charge is 0.459 e. The van der Waals surface area contributed by atoms with Crippen LogP contribution in [0.5, 0.6) is 0 Å². The van der Waals surface area contributed by atoms with Crippen molar-refractivity contribution in [3.05, 3.63) is 41.1 Å². The van der Waals surface area contributed by atoms with Gasteiger partial charge in [0, 0.05) is 30.6 Å². The van der Waals surface area contributed by atoms with E-state index in [4.69, 9.17) is 22.1 Å². The topological polar surface area (TPSA) is 113 Å². The Labute approximate surface area is 178 Å². The van der Waals surface area contributed by atoms with E-state index in [0.29, 0.717) is 4.68 Å². The van der Waals surface area contributed by atoms with Crippen molar-refractivity contribution in [2.24, 2.45) is 0 Å². The number of allylic oxidation sites excluding steroid dienone is 1. The molecule has 0 fully saturated rings. The minimum Gasteiger partial charge on any atom is -0.478 e. The van der Waals surface area contributed by atoms with E-state index in [1.807, 2.05) is 0 Å². The van der Waals surface area contributed by atoms with Gasteiger partial charge < -0.3 is 15.2 Å². The Morgan fingerprint density at radius 1 is 1.25 bits per heavy atom. The molecule has 0 spiro atoms. The molecular weight excluding hydrogens is 479 g/mol. The third-order valence-corrected chi connectivity index (χ3v) is 4.07. The number of carboxylic acids is 1. The summed E-state index contributed by atoms with van der Waals surface area (Å²) >= 11 is 5.66. The largest absolute Gasteiger partial charge is 0.478 e. The van der Waals surface area contributed by atoms with Gasteiger partial charge in [-0.1, -0.05) is 11.6 Å². The molecule has 0 amide bonds. The van der Waals surface area contributed by atoms with Crippen molar-refractivity contribution in [2.75, 3.05) is 7.05 Å². The summed E-state index contributed by atoms with van der Waals surface area (Å²) in [6, 6.07) is 1.07. The molecule has 0 aliphatic heterocycles. The summed E-state index contributed by atoms with van der Waals surface area (Å²) < 4.78 is 95.0. The Morgan fingerprint density at radius 2 is 1.88 bits per heavy atom. The van der Waals surface area contributed by atoms with Crippen LogP contribution in [0.3, 0.4) is 0 Å². The highest BCUT2D eigenvalue weighted by atomic mass is 35.5. The summed E-state index contributed by atoms with van der Waals surface area (Å²) in [6.07, 6.45) is -3.21. The lowest BCUT2D eigenvalue weighted by atomic mass is 10.1. The second kappa shape index (κ2) is 9.02. The van der Waals surface area contributed by atoms with Gasteiger partial charge in [-0.3, -0.25) is 5.41 Å². The molecule has 2 heterocycles. The molecule has 32 heavy (non-hydrogen) atoms. The highest BCUT2D eigenvalue weighted by Crippen LogP contribution is 2.39. The molecule has 0 aliphatic carbocycles. The average molecular weight is 490 g/mol. The number of alkyl halides is 7. The molecule has 2 aromatic heterocycles. The molecule has 8 nitrogen and oxygen atoms in total. The van der Waals surface area contributed by atoms with Crippen LogP contribution in [0.2, 0.25) is 5.15 Å². The monoisotopic (exact) mass is 489 g/mol. The van der Waals surface area contributed by atoms with Gasteiger partial charge in [-0.25, -0.2) is 14.5 Å². The van der Waals surface area contributed by atoms with Crippen LogP contribution in [0.25, 0.3) is 16.9 Å². The Morgan fingerprint density at radius 3 is 2.38 bits per heavy atom. The first-order valence-electron chi connectivity index (χ1n) is 8.05. The lowest BCUT2D eigenvalue weighted by Crippen LogP contribution is -2.45. The van der Waals surface area contributed by atoms with Crippen molar-refractivity contribution < 1.29 is 45.4 Å². The molecular formula is C16H11ClF7N5O3. The summed E-state index contributed by atoms with van der Waals surface area (Å²) in [6.45, 7) is -3.86. The SMILES string of the molecule is CN/C(=C(/OC(F)F)C(=N)C(F)(F)C(F)(F)F)n1cc(-c2cnc(Cl)c(C(=O)O)c2)cn1. The Bertz CT molecular complexity index is 1070. The molecule has 0 atom stereocenters. The second-order valence-corrected chi connectivity index (χ2v) is 6.15. The fraction of sp³-hybridized carbons (Fsp3) is 0.250. The standard InChI is InChI=1S/C16H11ClF7N5O3/c1-26-12(9(32-14(18)19)10(25)15(20,21)16(22,23)24)29-5-7(4-28-29)6-2-8(13(30)31)11(17)27-3-6/h2-5,14,25-26H,1H3,(H,30,31)/b12-9-,25-10?. The number of hydrogen-bond donors (Lipinski definition) is 3. The number of aromatic carboxylic acids is 1. The quantitative estimate of drug-likeness (QED) is 0.223. The Balaban J connectivity index is 2.62. The van der Waals surface area contributed by atoms with Gasteiger partial charge in [0.1, 0.15) is 5.15 Å². The van der Waals surface area contributed by atoms with Crippen LogP contribution in [0.1, 0.15) is 10.4 Å². The first-order valence-corrected chi connectivity index (χ1v) is 8.43. The summed E-state index contributed by atoms with van der Waals surface area (Å²) in [5.74, 6) is -10.0. The molecule has 0 unspecified atom stereocenters. The zero-order valence-corrected chi connectivity index (χ0v) is 16.3. The van der Waals surface area contributed by atoms with E-state index in [2.05, 4.69) is 20.1 Å². The van der Waals surface area contributed by atoms with E-state index in [1.165, 1.54) is 0 Å². The molecule has 2 rings (SSSR count). The zero-order valence-electron chi connectivity index (χ0n) is 15.5. The molecule has 2 aromatic rings. The van der Waals surface area contributed by atoms with Gasteiger partial charge in [0.2, 0.25) is 0 Å². The first-order chi connectivity index (χ1) is 14.7. The number of carboxylic acid groups (broad SMARTS) is 1. The lowest BCUT2D eigenvalue weighted by molar-refractivity contribution is -0.250. The van der Waals surface area contributed by atoms with Gasteiger partial charge in [-0.15, -0.1) is 0 Å². The summed E-state index contributed by atoms with van der Waals surface area (Å²) in [5.41, 5.74) is -2.86. The van der Waals surface area contributed by atoms with Crippen molar-refractivity contribution in [1.82, 2.24) is 20.1 Å². The van der Waals surface area contributed by atoms with Crippen LogP contribution in [-0.2, 0) is 4.74 Å². The van der Waals surface area contributed by atoms with Crippen LogP contribution in [-0.4, -0.2) is 57.3 Å². The zero-order chi connectivity index (χ0) is 24.4. The van der Waals surface area contributed by atoms with E-state index < -0.39 is 47.5 Å². The molecule has 0 aromatic carbocycles. The van der Waals surface area contributed by atoms with E-state index in [-0.39, 0.29) is 16.3 Å². The van der Waals surface area contributed by atoms with Crippen molar-refractivity contribution in [2.45, 2.75) is 18.7 Å². The predicted molar refractivity (Wildman–Crippen MR) is 95.5 cm³/mol. The van der Waals surface area contributed by atoms with Gasteiger partial charge >= 0.3 is 24.7 Å². The van der Waals surface area contributed by atoms with Gasteiger partial charge in [0.25, 0.3) is 0 Å². The van der Waals surface area contributed by atoms with Gasteiger partial charge in [0.15, 0.2) is 17.3 Å². The van der Waals surface area contributed by atoms with Crippen molar-refractivity contribution in [1.29, 1.82) is 5.41 Å². The number of nitrogens with one attached hydrogen (secondary N) is 2. The maximum Gasteiger partial charge on any atom is 0.459 e. The summed E-state index contributed by atoms with van der Waals surface area (Å²) in [4.78, 5) is 14.8. The Kier molecular flexibility index (Phi) is 7.02.